The van der Waals surface area contributed by atoms with Crippen LogP contribution in [0.3, 0.4) is 0 Å². The van der Waals surface area contributed by atoms with Gasteiger partial charge in [0.15, 0.2) is 0 Å². The Morgan fingerprint density at radius 3 is 2.68 bits per heavy atom. The van der Waals surface area contributed by atoms with E-state index in [-0.39, 0.29) is 11.9 Å². The fraction of sp³-hybridized carbons (Fsp3) is 0.222. The van der Waals surface area contributed by atoms with Gasteiger partial charge in [0.1, 0.15) is 0 Å². The van der Waals surface area contributed by atoms with Gasteiger partial charge in [0.2, 0.25) is 11.7 Å². The van der Waals surface area contributed by atoms with E-state index in [4.69, 9.17) is 4.52 Å². The first-order valence-electron chi connectivity index (χ1n) is 8.10. The van der Waals surface area contributed by atoms with Crippen LogP contribution in [0.1, 0.15) is 17.4 Å². The van der Waals surface area contributed by atoms with Crippen LogP contribution in [-0.4, -0.2) is 39.1 Å². The molecule has 2 amide bonds. The first kappa shape index (κ1) is 15.3. The molecule has 0 aliphatic carbocycles. The number of nitrogens with one attached hydrogen (secondary N) is 1. The standard InChI is InChI=1S/C18H17N5O2/c24-18(20-10-13-4-2-1-3-5-13)23-11-15(12-23)17-21-16(22-25-17)14-6-8-19-9-7-14/h1-9,15H,10-12H2,(H,20,24). The molecule has 25 heavy (non-hydrogen) atoms. The number of hydrogen-bond donors (Lipinski definition) is 1. The molecule has 7 heteroatoms. The second-order valence-corrected chi connectivity index (χ2v) is 5.94. The summed E-state index contributed by atoms with van der Waals surface area (Å²) in [5.74, 6) is 1.20. The first-order chi connectivity index (χ1) is 12.3. The van der Waals surface area contributed by atoms with Gasteiger partial charge in [-0.1, -0.05) is 35.5 Å². The molecule has 0 unspecified atom stereocenters. The maximum atomic E-state index is 12.1. The molecule has 1 fully saturated rings. The number of carbonyl (C=O) groups excluding carboxylic acids is 1. The zero-order valence-electron chi connectivity index (χ0n) is 13.5. The molecule has 0 saturated carbocycles. The van der Waals surface area contributed by atoms with Gasteiger partial charge in [-0.15, -0.1) is 0 Å². The van der Waals surface area contributed by atoms with Crippen LogP contribution in [0.25, 0.3) is 11.4 Å². The van der Waals surface area contributed by atoms with E-state index in [1.54, 1.807) is 17.3 Å². The number of aromatic nitrogens is 3. The van der Waals surface area contributed by atoms with Crippen LogP contribution in [-0.2, 0) is 6.54 Å². The molecule has 2 aromatic heterocycles. The van der Waals surface area contributed by atoms with Crippen LogP contribution in [0.15, 0.2) is 59.4 Å². The minimum atomic E-state index is -0.0750. The topological polar surface area (TPSA) is 84.2 Å². The fourth-order valence-electron chi connectivity index (χ4n) is 2.71. The normalized spacial score (nSPS) is 14.2. The molecule has 0 atom stereocenters. The number of pyridine rings is 1. The highest BCUT2D eigenvalue weighted by Gasteiger charge is 2.35. The summed E-state index contributed by atoms with van der Waals surface area (Å²) < 4.78 is 5.34. The molecule has 7 nitrogen and oxygen atoms in total. The smallest absolute Gasteiger partial charge is 0.317 e. The molecular formula is C18H17N5O2. The number of amides is 2. The van der Waals surface area contributed by atoms with Crippen molar-refractivity contribution >= 4 is 6.03 Å². The third-order valence-corrected chi connectivity index (χ3v) is 4.18. The first-order valence-corrected chi connectivity index (χ1v) is 8.10. The second kappa shape index (κ2) is 6.72. The van der Waals surface area contributed by atoms with Gasteiger partial charge in [-0.05, 0) is 17.7 Å². The van der Waals surface area contributed by atoms with E-state index in [2.05, 4.69) is 20.4 Å². The Balaban J connectivity index is 1.30. The largest absolute Gasteiger partial charge is 0.339 e. The predicted octanol–water partition coefficient (Wildman–Crippen LogP) is 2.44. The lowest BCUT2D eigenvalue weighted by atomic mass is 10.0. The van der Waals surface area contributed by atoms with Crippen molar-refractivity contribution in [2.45, 2.75) is 12.5 Å². The van der Waals surface area contributed by atoms with Crippen LogP contribution in [0.5, 0.6) is 0 Å². The van der Waals surface area contributed by atoms with Crippen molar-refractivity contribution in [1.29, 1.82) is 0 Å². The molecule has 1 N–H and O–H groups in total. The van der Waals surface area contributed by atoms with Gasteiger partial charge in [-0.3, -0.25) is 4.98 Å². The van der Waals surface area contributed by atoms with Crippen molar-refractivity contribution in [2.75, 3.05) is 13.1 Å². The number of nitrogens with zero attached hydrogens (tertiary/aromatic N) is 4. The highest BCUT2D eigenvalue weighted by Crippen LogP contribution is 2.27. The van der Waals surface area contributed by atoms with E-state index in [1.807, 2.05) is 42.5 Å². The van der Waals surface area contributed by atoms with E-state index in [0.717, 1.165) is 11.1 Å². The van der Waals surface area contributed by atoms with E-state index in [0.29, 0.717) is 31.3 Å². The van der Waals surface area contributed by atoms with Crippen molar-refractivity contribution in [3.63, 3.8) is 0 Å². The number of carbonyl (C=O) groups is 1. The van der Waals surface area contributed by atoms with Crippen molar-refractivity contribution in [2.24, 2.45) is 0 Å². The molecule has 4 rings (SSSR count). The average Bonchev–Trinajstić information content (AvgIpc) is 3.10. The summed E-state index contributed by atoms with van der Waals surface area (Å²) in [6.45, 7) is 1.69. The number of rotatable bonds is 4. The third-order valence-electron chi connectivity index (χ3n) is 4.18. The zero-order chi connectivity index (χ0) is 17.1. The molecular weight excluding hydrogens is 318 g/mol. The van der Waals surface area contributed by atoms with Gasteiger partial charge in [0.25, 0.3) is 0 Å². The SMILES string of the molecule is O=C(NCc1ccccc1)N1CC(c2nc(-c3ccncc3)no2)C1. The zero-order valence-corrected chi connectivity index (χ0v) is 13.5. The maximum Gasteiger partial charge on any atom is 0.317 e. The van der Waals surface area contributed by atoms with E-state index >= 15 is 0 Å². The average molecular weight is 335 g/mol. The summed E-state index contributed by atoms with van der Waals surface area (Å²) >= 11 is 0. The second-order valence-electron chi connectivity index (χ2n) is 5.94. The van der Waals surface area contributed by atoms with Crippen LogP contribution >= 0.6 is 0 Å². The fourth-order valence-corrected chi connectivity index (χ4v) is 2.71. The third kappa shape index (κ3) is 3.35. The van der Waals surface area contributed by atoms with Crippen LogP contribution in [0, 0.1) is 0 Å². The van der Waals surface area contributed by atoms with E-state index in [9.17, 15) is 4.79 Å². The lowest BCUT2D eigenvalue weighted by molar-refractivity contribution is 0.136. The van der Waals surface area contributed by atoms with Gasteiger partial charge in [-0.2, -0.15) is 4.98 Å². The van der Waals surface area contributed by atoms with Crippen molar-refractivity contribution in [3.8, 4) is 11.4 Å². The van der Waals surface area contributed by atoms with Crippen LogP contribution < -0.4 is 5.32 Å². The minimum Gasteiger partial charge on any atom is -0.339 e. The maximum absolute atomic E-state index is 12.1. The minimum absolute atomic E-state index is 0.0750. The van der Waals surface area contributed by atoms with Gasteiger partial charge in [0.05, 0.1) is 5.92 Å². The van der Waals surface area contributed by atoms with Crippen molar-refractivity contribution in [3.05, 3.63) is 66.3 Å². The molecule has 0 bridgehead atoms. The lowest BCUT2D eigenvalue weighted by Gasteiger charge is -2.36. The van der Waals surface area contributed by atoms with Crippen LogP contribution in [0.4, 0.5) is 4.79 Å². The van der Waals surface area contributed by atoms with Crippen LogP contribution in [0.2, 0.25) is 0 Å². The Morgan fingerprint density at radius 2 is 1.92 bits per heavy atom. The molecule has 0 radical (unpaired) electrons. The Kier molecular flexibility index (Phi) is 4.12. The Morgan fingerprint density at radius 1 is 1.16 bits per heavy atom. The Labute approximate surface area is 144 Å². The van der Waals surface area contributed by atoms with Crippen molar-refractivity contribution < 1.29 is 9.32 Å². The number of likely N-dealkylation sites (tertiary alicyclic amines) is 1. The number of urea groups is 1. The summed E-state index contributed by atoms with van der Waals surface area (Å²) in [5.41, 5.74) is 1.94. The molecule has 126 valence electrons. The monoisotopic (exact) mass is 335 g/mol. The van der Waals surface area contributed by atoms with Gasteiger partial charge in [0, 0.05) is 37.6 Å². The summed E-state index contributed by atoms with van der Waals surface area (Å²) in [4.78, 5) is 22.3. The van der Waals surface area contributed by atoms with E-state index in [1.165, 1.54) is 0 Å². The van der Waals surface area contributed by atoms with E-state index < -0.39 is 0 Å². The van der Waals surface area contributed by atoms with Crippen molar-refractivity contribution in [1.82, 2.24) is 25.3 Å². The number of benzene rings is 1. The summed E-state index contributed by atoms with van der Waals surface area (Å²) in [6.07, 6.45) is 3.38. The highest BCUT2D eigenvalue weighted by atomic mass is 16.5. The molecule has 1 aliphatic rings. The van der Waals surface area contributed by atoms with Gasteiger partial charge >= 0.3 is 6.03 Å². The predicted molar refractivity (Wildman–Crippen MR) is 90.5 cm³/mol. The van der Waals surface area contributed by atoms with Gasteiger partial charge < -0.3 is 14.7 Å². The molecule has 3 aromatic rings. The Bertz CT molecular complexity index is 844. The summed E-state index contributed by atoms with van der Waals surface area (Å²) in [7, 11) is 0. The molecule has 3 heterocycles. The molecule has 1 saturated heterocycles. The number of hydrogen-bond acceptors (Lipinski definition) is 5. The Hall–Kier alpha value is -3.22. The quantitative estimate of drug-likeness (QED) is 0.791. The molecule has 0 spiro atoms. The molecule has 1 aliphatic heterocycles. The highest BCUT2D eigenvalue weighted by molar-refractivity contribution is 5.75. The molecule has 1 aromatic carbocycles. The van der Waals surface area contributed by atoms with Gasteiger partial charge in [-0.25, -0.2) is 4.79 Å². The summed E-state index contributed by atoms with van der Waals surface area (Å²) in [5, 5.41) is 6.92. The lowest BCUT2D eigenvalue weighted by Crippen LogP contribution is -2.52. The summed E-state index contributed by atoms with van der Waals surface area (Å²) in [6, 6.07) is 13.4.